The maximum Gasteiger partial charge on any atom is 0.282 e. The van der Waals surface area contributed by atoms with Crippen LogP contribution in [0.5, 0.6) is 0 Å². The second-order valence-corrected chi connectivity index (χ2v) is 6.63. The van der Waals surface area contributed by atoms with E-state index in [9.17, 15) is 4.79 Å². The average molecular weight is 351 g/mol. The Morgan fingerprint density at radius 2 is 1.80 bits per heavy atom. The van der Waals surface area contributed by atoms with Crippen LogP contribution < -0.4 is 10.5 Å². The highest BCUT2D eigenvalue weighted by Crippen LogP contribution is 2.31. The maximum atomic E-state index is 13.1. The normalized spacial score (nSPS) is 11.4. The number of hydrogen-bond acceptors (Lipinski definition) is 5. The number of nitrogens with zero attached hydrogens (tertiary/aromatic N) is 5. The lowest BCUT2D eigenvalue weighted by atomic mass is 10.2. The van der Waals surface area contributed by atoms with Gasteiger partial charge in [-0.3, -0.25) is 9.36 Å². The molecule has 25 heavy (non-hydrogen) atoms. The van der Waals surface area contributed by atoms with Crippen molar-refractivity contribution in [3.05, 3.63) is 53.2 Å². The topological polar surface area (TPSA) is 56.0 Å². The number of thiol groups is 1. The Morgan fingerprint density at radius 1 is 1.08 bits per heavy atom. The zero-order valence-electron chi connectivity index (χ0n) is 14.1. The molecule has 0 aliphatic carbocycles. The zero-order valence-corrected chi connectivity index (χ0v) is 15.0. The SMILES string of the molecule is CN(C)c1ccnc2c1c1ncn(-c3ccc(S)cc3)c(=O)c1n2C. The standard InChI is InChI=1S/C18H17N5OS/c1-21(2)13-8-9-19-17-14(13)15-16(22(17)3)18(24)23(10-20-15)11-4-6-12(25)7-5-11/h4-10,25H,1-3H3. The van der Waals surface area contributed by atoms with Crippen molar-refractivity contribution in [2.24, 2.45) is 7.05 Å². The summed E-state index contributed by atoms with van der Waals surface area (Å²) < 4.78 is 3.36. The number of benzene rings is 1. The number of fused-ring (bicyclic) bond motifs is 3. The van der Waals surface area contributed by atoms with Crippen LogP contribution in [0.2, 0.25) is 0 Å². The molecule has 0 unspecified atom stereocenters. The molecule has 126 valence electrons. The van der Waals surface area contributed by atoms with Crippen LogP contribution in [-0.4, -0.2) is 33.2 Å². The summed E-state index contributed by atoms with van der Waals surface area (Å²) in [5.74, 6) is 0. The summed E-state index contributed by atoms with van der Waals surface area (Å²) in [6, 6.07) is 9.33. The third-order valence-electron chi connectivity index (χ3n) is 4.36. The van der Waals surface area contributed by atoms with Gasteiger partial charge in [0.05, 0.1) is 16.8 Å². The third-order valence-corrected chi connectivity index (χ3v) is 4.65. The zero-order chi connectivity index (χ0) is 17.7. The minimum absolute atomic E-state index is 0.123. The van der Waals surface area contributed by atoms with E-state index in [0.717, 1.165) is 27.3 Å². The summed E-state index contributed by atoms with van der Waals surface area (Å²) >= 11 is 4.29. The first-order valence-electron chi connectivity index (χ1n) is 7.80. The van der Waals surface area contributed by atoms with E-state index in [1.54, 1.807) is 17.1 Å². The van der Waals surface area contributed by atoms with E-state index >= 15 is 0 Å². The van der Waals surface area contributed by atoms with Gasteiger partial charge in [-0.25, -0.2) is 9.97 Å². The highest BCUT2D eigenvalue weighted by Gasteiger charge is 2.19. The fourth-order valence-electron chi connectivity index (χ4n) is 3.13. The van der Waals surface area contributed by atoms with Crippen molar-refractivity contribution in [3.8, 4) is 5.69 Å². The molecule has 4 rings (SSSR count). The highest BCUT2D eigenvalue weighted by molar-refractivity contribution is 7.80. The van der Waals surface area contributed by atoms with E-state index in [2.05, 4.69) is 22.6 Å². The molecule has 0 saturated carbocycles. The summed E-state index contributed by atoms with van der Waals surface area (Å²) in [6.07, 6.45) is 3.32. The fourth-order valence-corrected chi connectivity index (χ4v) is 3.28. The fraction of sp³-hybridized carbons (Fsp3) is 0.167. The summed E-state index contributed by atoms with van der Waals surface area (Å²) in [5.41, 5.74) is 3.56. The first-order valence-corrected chi connectivity index (χ1v) is 8.25. The minimum Gasteiger partial charge on any atom is -0.377 e. The Hall–Kier alpha value is -2.80. The Morgan fingerprint density at radius 3 is 2.48 bits per heavy atom. The number of aromatic nitrogens is 4. The molecule has 6 nitrogen and oxygen atoms in total. The van der Waals surface area contributed by atoms with Crippen molar-refractivity contribution in [2.45, 2.75) is 4.90 Å². The molecule has 0 bridgehead atoms. The predicted molar refractivity (Wildman–Crippen MR) is 103 cm³/mol. The van der Waals surface area contributed by atoms with Crippen LogP contribution in [0.4, 0.5) is 5.69 Å². The van der Waals surface area contributed by atoms with Crippen molar-refractivity contribution in [1.82, 2.24) is 19.1 Å². The van der Waals surface area contributed by atoms with Gasteiger partial charge in [-0.2, -0.15) is 0 Å². The molecule has 0 amide bonds. The molecule has 3 aromatic heterocycles. The van der Waals surface area contributed by atoms with Gasteiger partial charge in [0.2, 0.25) is 0 Å². The molecule has 0 N–H and O–H groups in total. The maximum absolute atomic E-state index is 13.1. The molecule has 7 heteroatoms. The number of pyridine rings is 1. The summed E-state index contributed by atoms with van der Waals surface area (Å²) in [7, 11) is 5.78. The van der Waals surface area contributed by atoms with Gasteiger partial charge in [0.15, 0.2) is 0 Å². The van der Waals surface area contributed by atoms with Crippen molar-refractivity contribution >= 4 is 40.4 Å². The lowest BCUT2D eigenvalue weighted by Gasteiger charge is -2.13. The molecule has 0 aliphatic rings. The number of aryl methyl sites for hydroxylation is 1. The summed E-state index contributed by atoms with van der Waals surface area (Å²) in [5, 5.41) is 0.889. The Bertz CT molecular complexity index is 1160. The average Bonchev–Trinajstić information content (AvgIpc) is 2.90. The first kappa shape index (κ1) is 15.7. The predicted octanol–water partition coefficient (Wildman–Crippen LogP) is 2.63. The van der Waals surface area contributed by atoms with Crippen molar-refractivity contribution < 1.29 is 0 Å². The second-order valence-electron chi connectivity index (χ2n) is 6.12. The van der Waals surface area contributed by atoms with E-state index in [4.69, 9.17) is 0 Å². The van der Waals surface area contributed by atoms with E-state index in [0.29, 0.717) is 11.0 Å². The molecule has 0 atom stereocenters. The molecule has 0 aliphatic heterocycles. The van der Waals surface area contributed by atoms with Crippen molar-refractivity contribution in [2.75, 3.05) is 19.0 Å². The third kappa shape index (κ3) is 2.31. The van der Waals surface area contributed by atoms with E-state index in [-0.39, 0.29) is 5.56 Å². The molecule has 0 spiro atoms. The van der Waals surface area contributed by atoms with Gasteiger partial charge in [-0.1, -0.05) is 0 Å². The smallest absolute Gasteiger partial charge is 0.282 e. The molecule has 0 radical (unpaired) electrons. The van der Waals surface area contributed by atoms with Crippen LogP contribution >= 0.6 is 12.6 Å². The number of rotatable bonds is 2. The quantitative estimate of drug-likeness (QED) is 0.564. The Balaban J connectivity index is 2.10. The molecule has 0 fully saturated rings. The molecular formula is C18H17N5OS. The van der Waals surface area contributed by atoms with E-state index < -0.39 is 0 Å². The van der Waals surface area contributed by atoms with Gasteiger partial charge < -0.3 is 9.47 Å². The van der Waals surface area contributed by atoms with Gasteiger partial charge in [0, 0.05) is 32.2 Å². The van der Waals surface area contributed by atoms with Gasteiger partial charge in [0.25, 0.3) is 5.56 Å². The lowest BCUT2D eigenvalue weighted by molar-refractivity contribution is 0.919. The number of hydrogen-bond donors (Lipinski definition) is 1. The summed E-state index contributed by atoms with van der Waals surface area (Å²) in [6.45, 7) is 0. The number of anilines is 1. The van der Waals surface area contributed by atoms with Crippen LogP contribution in [0, 0.1) is 0 Å². The summed E-state index contributed by atoms with van der Waals surface area (Å²) in [4.78, 5) is 25.0. The van der Waals surface area contributed by atoms with Crippen molar-refractivity contribution in [1.29, 1.82) is 0 Å². The molecular weight excluding hydrogens is 334 g/mol. The van der Waals surface area contributed by atoms with Crippen LogP contribution in [0.15, 0.2) is 52.5 Å². The minimum atomic E-state index is -0.123. The second kappa shape index (κ2) is 5.63. The van der Waals surface area contributed by atoms with Gasteiger partial charge in [-0.05, 0) is 30.3 Å². The largest absolute Gasteiger partial charge is 0.377 e. The van der Waals surface area contributed by atoms with Crippen LogP contribution in [0.3, 0.4) is 0 Å². The van der Waals surface area contributed by atoms with Crippen molar-refractivity contribution in [3.63, 3.8) is 0 Å². The van der Waals surface area contributed by atoms with Gasteiger partial charge in [0.1, 0.15) is 23.0 Å². The van der Waals surface area contributed by atoms with Crippen LogP contribution in [0.1, 0.15) is 0 Å². The van der Waals surface area contributed by atoms with E-state index in [1.807, 2.05) is 60.9 Å². The van der Waals surface area contributed by atoms with Gasteiger partial charge in [-0.15, -0.1) is 12.6 Å². The molecule has 4 aromatic rings. The highest BCUT2D eigenvalue weighted by atomic mass is 32.1. The first-order chi connectivity index (χ1) is 12.0. The monoisotopic (exact) mass is 351 g/mol. The Labute approximate surface area is 149 Å². The molecule has 0 saturated heterocycles. The van der Waals surface area contributed by atoms with Gasteiger partial charge >= 0.3 is 0 Å². The lowest BCUT2D eigenvalue weighted by Crippen LogP contribution is -2.20. The Kier molecular flexibility index (Phi) is 3.54. The van der Waals surface area contributed by atoms with Crippen LogP contribution in [0.25, 0.3) is 27.8 Å². The molecule has 1 aromatic carbocycles. The van der Waals surface area contributed by atoms with E-state index in [1.165, 1.54) is 0 Å². The molecule has 3 heterocycles. The van der Waals surface area contributed by atoms with Crippen LogP contribution in [-0.2, 0) is 7.05 Å².